The van der Waals surface area contributed by atoms with E-state index in [0.717, 1.165) is 24.9 Å². The third kappa shape index (κ3) is 3.23. The number of hydrogen-bond acceptors (Lipinski definition) is 7. The van der Waals surface area contributed by atoms with Gasteiger partial charge in [0.2, 0.25) is 0 Å². The number of fused-ring (bicyclic) bond motifs is 1. The molecule has 1 radical (unpaired) electrons. The quantitative estimate of drug-likeness (QED) is 0.186. The fourth-order valence-corrected chi connectivity index (χ4v) is 3.49. The highest BCUT2D eigenvalue weighted by Gasteiger charge is 2.43. The molecule has 9 nitrogen and oxygen atoms in total. The van der Waals surface area contributed by atoms with E-state index < -0.39 is 26.0 Å². The van der Waals surface area contributed by atoms with Crippen molar-refractivity contribution in [3.8, 4) is 0 Å². The van der Waals surface area contributed by atoms with Crippen LogP contribution in [0.15, 0.2) is 17.8 Å². The van der Waals surface area contributed by atoms with Crippen molar-refractivity contribution in [3.63, 3.8) is 0 Å². The third-order valence-corrected chi connectivity index (χ3v) is 4.91. The van der Waals surface area contributed by atoms with Crippen LogP contribution in [0.4, 0.5) is 0 Å². The molecule has 125 valence electrons. The topological polar surface area (TPSA) is 111 Å². The highest BCUT2D eigenvalue weighted by Crippen LogP contribution is 2.39. The minimum Gasteiger partial charge on any atom is -0.352 e. The van der Waals surface area contributed by atoms with Crippen LogP contribution >= 0.6 is 19.3 Å². The van der Waals surface area contributed by atoms with E-state index in [-0.39, 0.29) is 12.5 Å². The lowest BCUT2D eigenvalue weighted by Crippen LogP contribution is -2.26. The molecule has 3 rings (SSSR count). The molecule has 2 aromatic rings. The Balaban J connectivity index is 1.81. The summed E-state index contributed by atoms with van der Waals surface area (Å²) >= 11 is 0.922. The van der Waals surface area contributed by atoms with Crippen molar-refractivity contribution in [2.75, 3.05) is 6.61 Å². The number of aryl methyl sites for hydroxylation is 1. The smallest absolute Gasteiger partial charge is 0.165 e. The van der Waals surface area contributed by atoms with Crippen LogP contribution in [0.1, 0.15) is 18.8 Å². The number of azide groups is 1. The average Bonchev–Trinajstić information content (AvgIpc) is 3.19. The average molecular weight is 367 g/mol. The van der Waals surface area contributed by atoms with Crippen molar-refractivity contribution in [1.29, 1.82) is 2.61 Å². The number of aromatic nitrogens is 4. The van der Waals surface area contributed by atoms with Gasteiger partial charge in [0, 0.05) is 22.5 Å². The minimum atomic E-state index is -1.41. The van der Waals surface area contributed by atoms with Gasteiger partial charge in [0.1, 0.15) is 25.6 Å². The molecule has 1 saturated heterocycles. The Bertz CT molecular complexity index is 826. The molecule has 2 aromatic heterocycles. The molecule has 24 heavy (non-hydrogen) atoms. The van der Waals surface area contributed by atoms with Crippen molar-refractivity contribution in [2.45, 2.75) is 32.2 Å². The van der Waals surface area contributed by atoms with E-state index in [4.69, 9.17) is 17.1 Å². The van der Waals surface area contributed by atoms with Gasteiger partial charge in [-0.25, -0.2) is 15.0 Å². The highest BCUT2D eigenvalue weighted by molar-refractivity contribution is 8.53. The van der Waals surface area contributed by atoms with Gasteiger partial charge in [-0.1, -0.05) is 19.6 Å². The van der Waals surface area contributed by atoms with E-state index >= 15 is 0 Å². The number of nitrogens with zero attached hydrogens (tertiary/aromatic N) is 7. The van der Waals surface area contributed by atoms with Gasteiger partial charge < -0.3 is 8.92 Å². The van der Waals surface area contributed by atoms with Gasteiger partial charge in [0.15, 0.2) is 5.65 Å². The summed E-state index contributed by atoms with van der Waals surface area (Å²) in [5.74, 6) is -0.127. The van der Waals surface area contributed by atoms with Crippen LogP contribution < -0.4 is 0 Å². The molecule has 0 saturated carbocycles. The normalized spacial score (nSPS) is 28.9. The first-order valence-corrected chi connectivity index (χ1v) is 9.51. The lowest BCUT2D eigenvalue weighted by atomic mass is 10.00. The van der Waals surface area contributed by atoms with Gasteiger partial charge in [-0.2, -0.15) is 0 Å². The molecule has 0 spiro atoms. The Morgan fingerprint density at radius 3 is 3.38 bits per heavy atom. The third-order valence-electron chi connectivity index (χ3n) is 4.01. The van der Waals surface area contributed by atoms with E-state index in [1.807, 2.05) is 18.4 Å². The first-order chi connectivity index (χ1) is 12.6. The Kier molecular flexibility index (Phi) is 4.77. The van der Waals surface area contributed by atoms with Crippen molar-refractivity contribution >= 4 is 38.0 Å². The Labute approximate surface area is 148 Å². The van der Waals surface area contributed by atoms with Crippen molar-refractivity contribution in [2.24, 2.45) is 11.0 Å². The second kappa shape index (κ2) is 7.67. The Hall–Kier alpha value is -1.38. The highest BCUT2D eigenvalue weighted by atomic mass is 32.7. The standard InChI is InChI=1S/C12H16BN7O2PS/c1-6-9(18-19-14)8(3-21-24-23-13)22-12(6)20-5-17-10-7(2)15-4-16-11(10)20/h4-6,8-9,12-13,23H,3H2,1-2H3/t6-,8+,9?,12+,23?/m0/s1/i13T,23D. The lowest BCUT2D eigenvalue weighted by Gasteiger charge is -2.17. The first kappa shape index (κ1) is 14.9. The van der Waals surface area contributed by atoms with Gasteiger partial charge in [0.05, 0.1) is 32.1 Å². The second-order valence-electron chi connectivity index (χ2n) is 5.37. The van der Waals surface area contributed by atoms with Gasteiger partial charge >= 0.3 is 0 Å². The largest absolute Gasteiger partial charge is 0.352 e. The van der Waals surface area contributed by atoms with Crippen molar-refractivity contribution in [3.05, 3.63) is 28.8 Å². The van der Waals surface area contributed by atoms with E-state index in [1.54, 1.807) is 6.33 Å². The SMILES string of the molecule is [2H]P([B][3H])SOC[C@H]1O[C@@H](n2cnc3c(C)ncnc32)[C@@H](C)C1N=[N+]=[N-]. The zero-order valence-electron chi connectivity index (χ0n) is 15.1. The molecular formula is C12H16BN7O2PS. The van der Waals surface area contributed by atoms with Gasteiger partial charge in [0.25, 0.3) is 0 Å². The van der Waals surface area contributed by atoms with Crippen LogP contribution in [0, 0.1) is 12.8 Å². The molecule has 0 N–H and O–H groups in total. The molecular weight excluding hydrogens is 348 g/mol. The van der Waals surface area contributed by atoms with E-state index in [2.05, 4.69) is 25.0 Å². The fourth-order valence-electron chi connectivity index (χ4n) is 2.87. The Morgan fingerprint density at radius 1 is 1.71 bits per heavy atom. The van der Waals surface area contributed by atoms with E-state index in [0.29, 0.717) is 11.2 Å². The minimum absolute atomic E-state index is 0.127. The number of rotatable bonds is 7. The molecule has 0 bridgehead atoms. The van der Waals surface area contributed by atoms with Crippen LogP contribution in [-0.2, 0) is 8.92 Å². The summed E-state index contributed by atoms with van der Waals surface area (Å²) in [4.78, 5) is 15.7. The summed E-state index contributed by atoms with van der Waals surface area (Å²) < 4.78 is 27.9. The first-order valence-electron chi connectivity index (χ1n) is 8.22. The molecule has 3 heterocycles. The predicted octanol–water partition coefficient (Wildman–Crippen LogP) is 2.42. The summed E-state index contributed by atoms with van der Waals surface area (Å²) in [7, 11) is -0.378. The van der Waals surface area contributed by atoms with Crippen LogP contribution in [0.25, 0.3) is 21.6 Å². The van der Waals surface area contributed by atoms with Crippen LogP contribution in [0.5, 0.6) is 0 Å². The molecule has 5 atom stereocenters. The zero-order chi connectivity index (χ0) is 18.7. The second-order valence-corrected chi connectivity index (χ2v) is 7.04. The fraction of sp³-hybridized carbons (Fsp3) is 0.583. The van der Waals surface area contributed by atoms with E-state index in [9.17, 15) is 0 Å². The number of ether oxygens (including phenoxy) is 1. The van der Waals surface area contributed by atoms with Crippen LogP contribution in [0.3, 0.4) is 0 Å². The molecule has 1 aliphatic heterocycles. The number of hydrogen-bond donors (Lipinski definition) is 0. The summed E-state index contributed by atoms with van der Waals surface area (Å²) in [5.41, 5.74) is 11.0. The Morgan fingerprint density at radius 2 is 2.58 bits per heavy atom. The van der Waals surface area contributed by atoms with Gasteiger partial charge in [-0.15, -0.1) is 0 Å². The molecule has 1 fully saturated rings. The van der Waals surface area contributed by atoms with Crippen LogP contribution in [-0.4, -0.2) is 48.4 Å². The summed E-state index contributed by atoms with van der Waals surface area (Å²) in [6, 6.07) is -0.428. The van der Waals surface area contributed by atoms with Crippen molar-refractivity contribution in [1.82, 2.24) is 19.5 Å². The maximum absolute atomic E-state index is 8.90. The molecule has 0 aliphatic carbocycles. The summed E-state index contributed by atoms with van der Waals surface area (Å²) in [6.07, 6.45) is 2.25. The summed E-state index contributed by atoms with van der Waals surface area (Å²) in [5, 5.41) is 3.88. The maximum atomic E-state index is 8.90. The van der Waals surface area contributed by atoms with Gasteiger partial charge in [-0.3, -0.25) is 4.57 Å². The monoisotopic (exact) mass is 367 g/mol. The maximum Gasteiger partial charge on any atom is 0.165 e. The zero-order valence-corrected chi connectivity index (χ0v) is 14.8. The molecule has 0 aromatic carbocycles. The number of imidazole rings is 1. The predicted molar refractivity (Wildman–Crippen MR) is 95.1 cm³/mol. The van der Waals surface area contributed by atoms with Gasteiger partial charge in [-0.05, 0) is 13.8 Å². The molecule has 1 aliphatic rings. The van der Waals surface area contributed by atoms with Crippen LogP contribution in [0.2, 0.25) is 0 Å². The van der Waals surface area contributed by atoms with E-state index in [1.165, 1.54) is 6.33 Å². The summed E-state index contributed by atoms with van der Waals surface area (Å²) in [6.45, 7) is 3.95. The molecule has 12 heteroatoms. The lowest BCUT2D eigenvalue weighted by molar-refractivity contribution is -0.0236. The molecule has 2 unspecified atom stereocenters. The molecule has 0 amide bonds. The van der Waals surface area contributed by atoms with Crippen molar-refractivity contribution < 1.29 is 8.92 Å².